The van der Waals surface area contributed by atoms with Gasteiger partial charge in [-0.1, -0.05) is 144 Å². The van der Waals surface area contributed by atoms with E-state index in [1.807, 2.05) is 0 Å². The number of anilines is 3. The Morgan fingerprint density at radius 1 is 0.435 bits per heavy atom. The maximum Gasteiger partial charge on any atom is 0.0546 e. The molecule has 46 heavy (non-hydrogen) atoms. The van der Waals surface area contributed by atoms with Crippen molar-refractivity contribution in [1.29, 1.82) is 0 Å². The SMILES string of the molecule is CC(C)(C)c1ccccc1-c1cc2ccccc2cc1N(c1ccc2c(c1)C(C)(C)c1ccccc1-2)c1ccc2ccccc2c1. The predicted molar refractivity (Wildman–Crippen MR) is 198 cm³/mol. The van der Waals surface area contributed by atoms with Crippen LogP contribution in [-0.2, 0) is 10.8 Å². The molecule has 1 heteroatoms. The summed E-state index contributed by atoms with van der Waals surface area (Å²) in [6, 6.07) is 54.0. The molecule has 7 aromatic carbocycles. The van der Waals surface area contributed by atoms with Crippen LogP contribution in [0.1, 0.15) is 51.3 Å². The van der Waals surface area contributed by atoms with Crippen LogP contribution in [0.15, 0.2) is 146 Å². The molecule has 0 saturated heterocycles. The summed E-state index contributed by atoms with van der Waals surface area (Å²) in [5, 5.41) is 4.95. The van der Waals surface area contributed by atoms with Crippen LogP contribution in [-0.4, -0.2) is 0 Å². The van der Waals surface area contributed by atoms with Crippen molar-refractivity contribution in [2.75, 3.05) is 4.90 Å². The first-order valence-electron chi connectivity index (χ1n) is 16.4. The van der Waals surface area contributed by atoms with E-state index < -0.39 is 0 Å². The molecule has 0 fully saturated rings. The molecule has 0 radical (unpaired) electrons. The Morgan fingerprint density at radius 3 is 1.72 bits per heavy atom. The first-order chi connectivity index (χ1) is 22.2. The summed E-state index contributed by atoms with van der Waals surface area (Å²) < 4.78 is 0. The average molecular weight is 594 g/mol. The van der Waals surface area contributed by atoms with E-state index in [4.69, 9.17) is 0 Å². The lowest BCUT2D eigenvalue weighted by atomic mass is 9.81. The summed E-state index contributed by atoms with van der Waals surface area (Å²) >= 11 is 0. The van der Waals surface area contributed by atoms with Crippen molar-refractivity contribution in [1.82, 2.24) is 0 Å². The van der Waals surface area contributed by atoms with Gasteiger partial charge in [-0.05, 0) is 96.7 Å². The molecule has 0 unspecified atom stereocenters. The summed E-state index contributed by atoms with van der Waals surface area (Å²) in [7, 11) is 0. The fraction of sp³-hybridized carbons (Fsp3) is 0.156. The maximum absolute atomic E-state index is 2.49. The fourth-order valence-corrected chi connectivity index (χ4v) is 7.58. The molecule has 0 spiro atoms. The van der Waals surface area contributed by atoms with E-state index in [9.17, 15) is 0 Å². The molecule has 0 N–H and O–H groups in total. The van der Waals surface area contributed by atoms with Gasteiger partial charge in [0.25, 0.3) is 0 Å². The number of hydrogen-bond acceptors (Lipinski definition) is 1. The first kappa shape index (κ1) is 28.3. The summed E-state index contributed by atoms with van der Waals surface area (Å²) in [4.78, 5) is 2.49. The van der Waals surface area contributed by atoms with E-state index in [1.54, 1.807) is 0 Å². The van der Waals surface area contributed by atoms with Crippen LogP contribution < -0.4 is 4.90 Å². The molecular weight excluding hydrogens is 555 g/mol. The van der Waals surface area contributed by atoms with Crippen molar-refractivity contribution < 1.29 is 0 Å². The normalized spacial score (nSPS) is 13.5. The smallest absolute Gasteiger partial charge is 0.0546 e. The van der Waals surface area contributed by atoms with Gasteiger partial charge >= 0.3 is 0 Å². The predicted octanol–water partition coefficient (Wildman–Crippen LogP) is 12.7. The highest BCUT2D eigenvalue weighted by Crippen LogP contribution is 2.52. The quantitative estimate of drug-likeness (QED) is 0.196. The van der Waals surface area contributed by atoms with Crippen molar-refractivity contribution in [2.45, 2.75) is 45.4 Å². The zero-order valence-electron chi connectivity index (χ0n) is 27.3. The maximum atomic E-state index is 2.49. The number of hydrogen-bond donors (Lipinski definition) is 0. The van der Waals surface area contributed by atoms with Crippen LogP contribution >= 0.6 is 0 Å². The fourth-order valence-electron chi connectivity index (χ4n) is 7.58. The summed E-state index contributed by atoms with van der Waals surface area (Å²) in [5.41, 5.74) is 12.7. The highest BCUT2D eigenvalue weighted by Gasteiger charge is 2.36. The molecule has 7 aromatic rings. The van der Waals surface area contributed by atoms with Gasteiger partial charge in [0.05, 0.1) is 5.69 Å². The summed E-state index contributed by atoms with van der Waals surface area (Å²) in [6.45, 7) is 11.7. The van der Waals surface area contributed by atoms with E-state index in [2.05, 4.69) is 185 Å². The van der Waals surface area contributed by atoms with Crippen LogP contribution in [0.3, 0.4) is 0 Å². The van der Waals surface area contributed by atoms with Gasteiger partial charge in [-0.15, -0.1) is 0 Å². The van der Waals surface area contributed by atoms with Gasteiger partial charge in [0, 0.05) is 22.4 Å². The molecule has 0 aliphatic heterocycles. The van der Waals surface area contributed by atoms with Gasteiger partial charge < -0.3 is 4.90 Å². The molecule has 0 atom stereocenters. The van der Waals surface area contributed by atoms with E-state index in [-0.39, 0.29) is 10.8 Å². The highest BCUT2D eigenvalue weighted by atomic mass is 15.1. The molecule has 0 heterocycles. The number of benzene rings is 7. The number of rotatable bonds is 4. The third-order valence-corrected chi connectivity index (χ3v) is 9.95. The Hall–Kier alpha value is -5.14. The van der Waals surface area contributed by atoms with Gasteiger partial charge in [0.2, 0.25) is 0 Å². The Kier molecular flexibility index (Phi) is 6.44. The third kappa shape index (κ3) is 4.53. The lowest BCUT2D eigenvalue weighted by Crippen LogP contribution is -2.17. The second kappa shape index (κ2) is 10.5. The zero-order valence-corrected chi connectivity index (χ0v) is 27.3. The van der Waals surface area contributed by atoms with E-state index in [0.717, 1.165) is 5.69 Å². The van der Waals surface area contributed by atoms with Crippen molar-refractivity contribution in [3.05, 3.63) is 162 Å². The van der Waals surface area contributed by atoms with Gasteiger partial charge in [-0.25, -0.2) is 0 Å². The lowest BCUT2D eigenvalue weighted by molar-refractivity contribution is 0.592. The first-order valence-corrected chi connectivity index (χ1v) is 16.4. The van der Waals surface area contributed by atoms with E-state index >= 15 is 0 Å². The van der Waals surface area contributed by atoms with E-state index in [1.165, 1.54) is 71.9 Å². The average Bonchev–Trinajstić information content (AvgIpc) is 3.30. The minimum atomic E-state index is -0.0952. The molecule has 1 aliphatic carbocycles. The van der Waals surface area contributed by atoms with Gasteiger partial charge in [-0.2, -0.15) is 0 Å². The standard InChI is InChI=1S/C45H39N/c1-44(2,3)40-20-12-10-19-37(40)39-27-32-16-8-9-17-33(32)28-43(39)46(34-23-22-30-14-6-7-15-31(30)26-34)35-24-25-38-36-18-11-13-21-41(36)45(4,5)42(38)29-35/h6-29H,1-5H3. The van der Waals surface area contributed by atoms with Crippen LogP contribution in [0.2, 0.25) is 0 Å². The molecule has 8 rings (SSSR count). The molecule has 1 aliphatic rings. The molecule has 0 aromatic heterocycles. The van der Waals surface area contributed by atoms with Gasteiger partial charge in [0.15, 0.2) is 0 Å². The molecule has 0 bridgehead atoms. The lowest BCUT2D eigenvalue weighted by Gasteiger charge is -2.31. The Balaban J connectivity index is 1.44. The Bertz CT molecular complexity index is 2280. The van der Waals surface area contributed by atoms with Crippen molar-refractivity contribution in [3.63, 3.8) is 0 Å². The van der Waals surface area contributed by atoms with Gasteiger partial charge in [0.1, 0.15) is 0 Å². The topological polar surface area (TPSA) is 3.24 Å². The van der Waals surface area contributed by atoms with Crippen LogP contribution in [0.25, 0.3) is 43.8 Å². The summed E-state index contributed by atoms with van der Waals surface area (Å²) in [5.74, 6) is 0. The minimum Gasteiger partial charge on any atom is -0.310 e. The van der Waals surface area contributed by atoms with Crippen LogP contribution in [0, 0.1) is 0 Å². The molecule has 1 nitrogen and oxygen atoms in total. The van der Waals surface area contributed by atoms with Crippen LogP contribution in [0.4, 0.5) is 17.1 Å². The monoisotopic (exact) mass is 593 g/mol. The molecule has 0 saturated carbocycles. The van der Waals surface area contributed by atoms with E-state index in [0.29, 0.717) is 0 Å². The minimum absolute atomic E-state index is 0.0172. The zero-order chi connectivity index (χ0) is 31.6. The second-order valence-corrected chi connectivity index (χ2v) is 14.3. The molecule has 0 amide bonds. The number of fused-ring (bicyclic) bond motifs is 5. The van der Waals surface area contributed by atoms with Crippen molar-refractivity contribution in [3.8, 4) is 22.3 Å². The molecular formula is C45H39N. The van der Waals surface area contributed by atoms with Crippen molar-refractivity contribution in [2.24, 2.45) is 0 Å². The van der Waals surface area contributed by atoms with Crippen LogP contribution in [0.5, 0.6) is 0 Å². The number of nitrogens with zero attached hydrogens (tertiary/aromatic N) is 1. The summed E-state index contributed by atoms with van der Waals surface area (Å²) in [6.07, 6.45) is 0. The largest absolute Gasteiger partial charge is 0.310 e. The third-order valence-electron chi connectivity index (χ3n) is 9.95. The molecule has 224 valence electrons. The van der Waals surface area contributed by atoms with Gasteiger partial charge in [-0.3, -0.25) is 0 Å². The Morgan fingerprint density at radius 2 is 0.978 bits per heavy atom. The highest BCUT2D eigenvalue weighted by molar-refractivity contribution is 6.00. The van der Waals surface area contributed by atoms with Crippen molar-refractivity contribution >= 4 is 38.6 Å². The second-order valence-electron chi connectivity index (χ2n) is 14.3. The Labute approximate surface area is 272 Å².